The van der Waals surface area contributed by atoms with Crippen LogP contribution in [0.25, 0.3) is 33.2 Å². The number of carbonyl (C=O) groups excluding carboxylic acids is 1. The lowest BCUT2D eigenvalue weighted by molar-refractivity contribution is -0.113. The number of para-hydroxylation sites is 1. The number of fused-ring (bicyclic) bond motifs is 3. The largest absolute Gasteiger partial charge is 0.494 e. The summed E-state index contributed by atoms with van der Waals surface area (Å²) in [5, 5.41) is 14.1. The number of hydrogen-bond acceptors (Lipinski definition) is 6. The van der Waals surface area contributed by atoms with Crippen LogP contribution in [0.5, 0.6) is 5.75 Å². The van der Waals surface area contributed by atoms with Gasteiger partial charge in [0, 0.05) is 39.6 Å². The topological polar surface area (TPSA) is 100.0 Å². The Hall–Kier alpha value is -3.98. The summed E-state index contributed by atoms with van der Waals surface area (Å²) >= 11 is 1.24. The van der Waals surface area contributed by atoms with Crippen molar-refractivity contribution in [2.45, 2.75) is 25.5 Å². The van der Waals surface area contributed by atoms with E-state index in [4.69, 9.17) is 10.6 Å². The highest BCUT2D eigenvalue weighted by atomic mass is 32.2. The highest BCUT2D eigenvalue weighted by Gasteiger charge is 2.15. The molecule has 0 saturated carbocycles. The lowest BCUT2D eigenvalue weighted by Gasteiger charge is -2.07. The zero-order chi connectivity index (χ0) is 24.4. The van der Waals surface area contributed by atoms with E-state index in [-0.39, 0.29) is 11.7 Å². The van der Waals surface area contributed by atoms with Crippen LogP contribution in [0.2, 0.25) is 0 Å². The summed E-state index contributed by atoms with van der Waals surface area (Å²) in [5.74, 6) is 7.48. The molecule has 9 heteroatoms. The second-order valence-corrected chi connectivity index (χ2v) is 8.91. The molecule has 2 heterocycles. The fourth-order valence-electron chi connectivity index (χ4n) is 4.26. The standard InChI is InChI=1S/C26H26N6O2S/c1-3-31-22-11-6-5-10-20(22)21-15-18(12-13-23(21)31)28-24(33)16-35-26-30-29-25(32(26)27)17-8-7-9-19(14-17)34-4-2/h5-15H,3-4,16,27H2,1-2H3,(H,28,33). The molecule has 0 atom stereocenters. The first-order chi connectivity index (χ1) is 17.1. The molecule has 0 bridgehead atoms. The van der Waals surface area contributed by atoms with Crippen LogP contribution in [0.15, 0.2) is 71.9 Å². The maximum Gasteiger partial charge on any atom is 0.234 e. The number of hydrogen-bond donors (Lipinski definition) is 2. The number of thioether (sulfide) groups is 1. The lowest BCUT2D eigenvalue weighted by atomic mass is 10.1. The number of nitrogen functional groups attached to an aromatic ring is 1. The molecule has 0 unspecified atom stereocenters. The number of nitrogens with zero attached hydrogens (tertiary/aromatic N) is 4. The van der Waals surface area contributed by atoms with Gasteiger partial charge in [0.15, 0.2) is 5.82 Å². The molecule has 0 fully saturated rings. The predicted molar refractivity (Wildman–Crippen MR) is 141 cm³/mol. The third-order valence-corrected chi connectivity index (χ3v) is 6.72. The fraction of sp³-hybridized carbons (Fsp3) is 0.192. The average Bonchev–Trinajstić information content (AvgIpc) is 3.40. The Labute approximate surface area is 207 Å². The van der Waals surface area contributed by atoms with Gasteiger partial charge in [-0.15, -0.1) is 10.2 Å². The van der Waals surface area contributed by atoms with Crippen molar-refractivity contribution in [3.8, 4) is 17.1 Å². The number of carbonyl (C=O) groups is 1. The summed E-state index contributed by atoms with van der Waals surface area (Å²) in [4.78, 5) is 12.7. The van der Waals surface area contributed by atoms with E-state index < -0.39 is 0 Å². The first-order valence-corrected chi connectivity index (χ1v) is 12.4. The third kappa shape index (κ3) is 4.42. The smallest absolute Gasteiger partial charge is 0.234 e. The number of aromatic nitrogens is 4. The SMILES string of the molecule is CCOc1cccc(-c2nnc(SCC(=O)Nc3ccc4c(c3)c3ccccc3n4CC)n2N)c1. The van der Waals surface area contributed by atoms with Crippen LogP contribution >= 0.6 is 11.8 Å². The van der Waals surface area contributed by atoms with Crippen LogP contribution in [0.3, 0.4) is 0 Å². The summed E-state index contributed by atoms with van der Waals surface area (Å²) in [6.45, 7) is 5.52. The molecule has 3 N–H and O–H groups in total. The number of rotatable bonds is 8. The second kappa shape index (κ2) is 9.71. The fourth-order valence-corrected chi connectivity index (χ4v) is 4.92. The molecule has 0 radical (unpaired) electrons. The van der Waals surface area contributed by atoms with Crippen LogP contribution in [0.1, 0.15) is 13.8 Å². The van der Waals surface area contributed by atoms with E-state index in [9.17, 15) is 4.79 Å². The van der Waals surface area contributed by atoms with Gasteiger partial charge in [-0.1, -0.05) is 42.1 Å². The highest BCUT2D eigenvalue weighted by Crippen LogP contribution is 2.31. The molecule has 0 aliphatic carbocycles. The molecule has 5 aromatic rings. The van der Waals surface area contributed by atoms with E-state index >= 15 is 0 Å². The zero-order valence-electron chi connectivity index (χ0n) is 19.6. The van der Waals surface area contributed by atoms with E-state index in [0.717, 1.165) is 34.4 Å². The Kier molecular flexibility index (Phi) is 6.33. The molecule has 5 rings (SSSR count). The van der Waals surface area contributed by atoms with Gasteiger partial charge in [0.1, 0.15) is 5.75 Å². The molecule has 0 aliphatic heterocycles. The first kappa shape index (κ1) is 22.8. The summed E-state index contributed by atoms with van der Waals surface area (Å²) in [5.41, 5.74) is 3.89. The van der Waals surface area contributed by atoms with Crippen molar-refractivity contribution < 1.29 is 9.53 Å². The molecular formula is C26H26N6O2S. The van der Waals surface area contributed by atoms with Gasteiger partial charge in [-0.05, 0) is 50.2 Å². The maximum atomic E-state index is 12.7. The molecule has 0 saturated heterocycles. The monoisotopic (exact) mass is 486 g/mol. The van der Waals surface area contributed by atoms with E-state index in [0.29, 0.717) is 17.6 Å². The van der Waals surface area contributed by atoms with Crippen LogP contribution in [0.4, 0.5) is 5.69 Å². The van der Waals surface area contributed by atoms with Crippen molar-refractivity contribution in [3.63, 3.8) is 0 Å². The van der Waals surface area contributed by atoms with Crippen molar-refractivity contribution in [3.05, 3.63) is 66.7 Å². The average molecular weight is 487 g/mol. The third-order valence-electron chi connectivity index (χ3n) is 5.77. The summed E-state index contributed by atoms with van der Waals surface area (Å²) in [7, 11) is 0. The quantitative estimate of drug-likeness (QED) is 0.239. The number of amides is 1. The van der Waals surface area contributed by atoms with E-state index in [1.165, 1.54) is 27.3 Å². The Balaban J connectivity index is 1.29. The Morgan fingerprint density at radius 1 is 1.00 bits per heavy atom. The normalized spacial score (nSPS) is 11.3. The zero-order valence-corrected chi connectivity index (χ0v) is 20.4. The first-order valence-electron chi connectivity index (χ1n) is 11.5. The van der Waals surface area contributed by atoms with Crippen LogP contribution in [0, 0.1) is 0 Å². The van der Waals surface area contributed by atoms with E-state index in [2.05, 4.69) is 45.2 Å². The van der Waals surface area contributed by atoms with Crippen molar-refractivity contribution >= 4 is 45.2 Å². The van der Waals surface area contributed by atoms with Crippen LogP contribution in [-0.2, 0) is 11.3 Å². The number of anilines is 1. The van der Waals surface area contributed by atoms with Gasteiger partial charge >= 0.3 is 0 Å². The molecule has 3 aromatic carbocycles. The van der Waals surface area contributed by atoms with Gasteiger partial charge in [-0.3, -0.25) is 4.79 Å². The summed E-state index contributed by atoms with van der Waals surface area (Å²) in [6, 6.07) is 21.8. The lowest BCUT2D eigenvalue weighted by Crippen LogP contribution is -2.16. The van der Waals surface area contributed by atoms with Crippen molar-refractivity contribution in [2.75, 3.05) is 23.5 Å². The van der Waals surface area contributed by atoms with Crippen molar-refractivity contribution in [1.29, 1.82) is 0 Å². The molecular weight excluding hydrogens is 460 g/mol. The van der Waals surface area contributed by atoms with Gasteiger partial charge < -0.3 is 20.5 Å². The Morgan fingerprint density at radius 2 is 1.83 bits per heavy atom. The molecule has 0 aliphatic rings. The minimum absolute atomic E-state index is 0.142. The predicted octanol–water partition coefficient (Wildman–Crippen LogP) is 4.92. The van der Waals surface area contributed by atoms with E-state index in [1.807, 2.05) is 55.5 Å². The number of ether oxygens (including phenoxy) is 1. The molecule has 0 spiro atoms. The van der Waals surface area contributed by atoms with Gasteiger partial charge in [0.2, 0.25) is 11.1 Å². The number of benzene rings is 3. The van der Waals surface area contributed by atoms with Crippen molar-refractivity contribution in [1.82, 2.24) is 19.4 Å². The molecule has 2 aromatic heterocycles. The highest BCUT2D eigenvalue weighted by molar-refractivity contribution is 7.99. The van der Waals surface area contributed by atoms with E-state index in [1.54, 1.807) is 0 Å². The van der Waals surface area contributed by atoms with Crippen LogP contribution in [-0.4, -0.2) is 37.7 Å². The molecule has 1 amide bonds. The number of nitrogens with one attached hydrogen (secondary N) is 1. The Bertz CT molecular complexity index is 1520. The molecule has 8 nitrogen and oxygen atoms in total. The molecule has 178 valence electrons. The summed E-state index contributed by atoms with van der Waals surface area (Å²) < 4.78 is 9.23. The van der Waals surface area contributed by atoms with Crippen molar-refractivity contribution in [2.24, 2.45) is 0 Å². The van der Waals surface area contributed by atoms with Gasteiger partial charge in [-0.2, -0.15) is 0 Å². The van der Waals surface area contributed by atoms with Gasteiger partial charge in [-0.25, -0.2) is 4.68 Å². The number of aryl methyl sites for hydroxylation is 1. The second-order valence-electron chi connectivity index (χ2n) is 7.97. The Morgan fingerprint density at radius 3 is 2.66 bits per heavy atom. The summed E-state index contributed by atoms with van der Waals surface area (Å²) in [6.07, 6.45) is 0. The van der Waals surface area contributed by atoms with Gasteiger partial charge in [0.05, 0.1) is 12.4 Å². The maximum absolute atomic E-state index is 12.7. The minimum atomic E-state index is -0.142. The van der Waals surface area contributed by atoms with Gasteiger partial charge in [0.25, 0.3) is 0 Å². The minimum Gasteiger partial charge on any atom is -0.494 e. The van der Waals surface area contributed by atoms with Crippen LogP contribution < -0.4 is 15.9 Å². The number of nitrogens with two attached hydrogens (primary N) is 1. The molecule has 35 heavy (non-hydrogen) atoms.